The van der Waals surface area contributed by atoms with E-state index >= 15 is 0 Å². The third-order valence-corrected chi connectivity index (χ3v) is 4.70. The van der Waals surface area contributed by atoms with Crippen LogP contribution >= 0.6 is 0 Å². The van der Waals surface area contributed by atoms with Crippen molar-refractivity contribution in [3.63, 3.8) is 0 Å². The molecule has 4 N–H and O–H groups in total. The molecule has 0 bridgehead atoms. The highest BCUT2D eigenvalue weighted by molar-refractivity contribution is 7.89. The van der Waals surface area contributed by atoms with Gasteiger partial charge in [0.1, 0.15) is 11.3 Å². The largest absolute Gasteiger partial charge is 0.497 e. The number of sulfonamides is 1. The van der Waals surface area contributed by atoms with Gasteiger partial charge in [-0.05, 0) is 42.5 Å². The molecule has 3 aromatic rings. The van der Waals surface area contributed by atoms with Gasteiger partial charge in [-0.3, -0.25) is 9.59 Å². The molecule has 2 aromatic carbocycles. The molecule has 0 aliphatic rings. The summed E-state index contributed by atoms with van der Waals surface area (Å²) in [5.74, 6) is -0.126. The zero-order valence-electron chi connectivity index (χ0n) is 13.6. The summed E-state index contributed by atoms with van der Waals surface area (Å²) in [6.45, 7) is 0. The van der Waals surface area contributed by atoms with E-state index in [1.807, 2.05) is 0 Å². The molecule has 0 saturated heterocycles. The second kappa shape index (κ2) is 6.62. The number of hydrogen-bond acceptors (Lipinski definition) is 5. The van der Waals surface area contributed by atoms with Gasteiger partial charge in [0, 0.05) is 22.8 Å². The smallest absolute Gasteiger partial charge is 0.261 e. The number of methoxy groups -OCH3 is 1. The Morgan fingerprint density at radius 1 is 1.15 bits per heavy atom. The number of amides is 1. The second-order valence-electron chi connectivity index (χ2n) is 5.47. The number of aromatic nitrogens is 1. The molecule has 1 aromatic heterocycles. The van der Waals surface area contributed by atoms with Crippen molar-refractivity contribution >= 4 is 32.5 Å². The van der Waals surface area contributed by atoms with Crippen LogP contribution in [0.25, 0.3) is 10.9 Å². The highest BCUT2D eigenvalue weighted by atomic mass is 32.2. The fourth-order valence-electron chi connectivity index (χ4n) is 2.42. The molecule has 3 rings (SSSR count). The van der Waals surface area contributed by atoms with Gasteiger partial charge in [0.15, 0.2) is 0 Å². The van der Waals surface area contributed by atoms with E-state index in [9.17, 15) is 18.0 Å². The van der Waals surface area contributed by atoms with Crippen LogP contribution in [0.2, 0.25) is 0 Å². The average molecular weight is 373 g/mol. The maximum atomic E-state index is 12.6. The summed E-state index contributed by atoms with van der Waals surface area (Å²) in [6, 6.07) is 10.2. The Labute approximate surface area is 148 Å². The molecule has 0 unspecified atom stereocenters. The molecule has 0 saturated carbocycles. The van der Waals surface area contributed by atoms with Crippen molar-refractivity contribution in [2.75, 3.05) is 12.4 Å². The second-order valence-corrected chi connectivity index (χ2v) is 7.03. The van der Waals surface area contributed by atoms with Crippen LogP contribution in [0.15, 0.2) is 58.4 Å². The average Bonchev–Trinajstić information content (AvgIpc) is 2.61. The lowest BCUT2D eigenvalue weighted by atomic mass is 10.1. The van der Waals surface area contributed by atoms with Gasteiger partial charge >= 0.3 is 0 Å². The maximum absolute atomic E-state index is 12.6. The predicted molar refractivity (Wildman–Crippen MR) is 96.9 cm³/mol. The van der Waals surface area contributed by atoms with Gasteiger partial charge in [-0.25, -0.2) is 13.6 Å². The topological polar surface area (TPSA) is 131 Å². The van der Waals surface area contributed by atoms with Gasteiger partial charge < -0.3 is 15.0 Å². The molecule has 1 heterocycles. The van der Waals surface area contributed by atoms with Gasteiger partial charge in [0.25, 0.3) is 5.91 Å². The molecule has 0 fully saturated rings. The van der Waals surface area contributed by atoms with Crippen LogP contribution < -0.4 is 20.6 Å². The number of pyridine rings is 1. The Bertz CT molecular complexity index is 1150. The fourth-order valence-corrected chi connectivity index (χ4v) is 2.94. The van der Waals surface area contributed by atoms with Crippen molar-refractivity contribution in [3.8, 4) is 5.75 Å². The van der Waals surface area contributed by atoms with Gasteiger partial charge in [0.05, 0.1) is 12.0 Å². The van der Waals surface area contributed by atoms with Crippen molar-refractivity contribution < 1.29 is 17.9 Å². The number of anilines is 1. The van der Waals surface area contributed by atoms with Crippen LogP contribution in [0.3, 0.4) is 0 Å². The first-order chi connectivity index (χ1) is 12.3. The van der Waals surface area contributed by atoms with Crippen LogP contribution in [-0.2, 0) is 10.0 Å². The number of primary sulfonamides is 1. The van der Waals surface area contributed by atoms with Crippen LogP contribution in [-0.4, -0.2) is 26.4 Å². The highest BCUT2D eigenvalue weighted by Crippen LogP contribution is 2.17. The van der Waals surface area contributed by atoms with Gasteiger partial charge in [-0.1, -0.05) is 0 Å². The molecule has 134 valence electrons. The first kappa shape index (κ1) is 17.6. The number of carbonyl (C=O) groups excluding carboxylic acids is 1. The van der Waals surface area contributed by atoms with E-state index in [4.69, 9.17) is 9.88 Å². The molecule has 8 nitrogen and oxygen atoms in total. The number of nitrogens with one attached hydrogen (secondary N) is 2. The molecule has 0 aliphatic heterocycles. The van der Waals surface area contributed by atoms with Crippen LogP contribution in [0.1, 0.15) is 10.4 Å². The summed E-state index contributed by atoms with van der Waals surface area (Å²) in [5, 5.41) is 7.89. The minimum absolute atomic E-state index is 0.0776. The van der Waals surface area contributed by atoms with Crippen LogP contribution in [0, 0.1) is 0 Å². The quantitative estimate of drug-likeness (QED) is 0.637. The lowest BCUT2D eigenvalue weighted by Gasteiger charge is -2.07. The van der Waals surface area contributed by atoms with Crippen molar-refractivity contribution in [1.82, 2.24) is 4.98 Å². The van der Waals surface area contributed by atoms with Crippen molar-refractivity contribution in [1.29, 1.82) is 0 Å². The standard InChI is InChI=1S/C17H15N3O5S/c1-25-11-4-7-15-13(8-11)16(21)14(9-19-15)17(22)20-10-2-5-12(6-3-10)26(18,23)24/h2-9H,1H3,(H,19,21)(H,20,22)(H2,18,23,24). The van der Waals surface area contributed by atoms with Gasteiger partial charge in [0.2, 0.25) is 15.5 Å². The first-order valence-corrected chi connectivity index (χ1v) is 8.98. The number of fused-ring (bicyclic) bond motifs is 1. The minimum atomic E-state index is -3.82. The first-order valence-electron chi connectivity index (χ1n) is 7.43. The zero-order valence-corrected chi connectivity index (χ0v) is 14.5. The summed E-state index contributed by atoms with van der Waals surface area (Å²) >= 11 is 0. The molecule has 0 atom stereocenters. The lowest BCUT2D eigenvalue weighted by Crippen LogP contribution is -2.22. The van der Waals surface area contributed by atoms with Crippen LogP contribution in [0.5, 0.6) is 5.75 Å². The van der Waals surface area contributed by atoms with E-state index in [1.165, 1.54) is 37.6 Å². The van der Waals surface area contributed by atoms with E-state index < -0.39 is 21.4 Å². The Morgan fingerprint density at radius 3 is 2.46 bits per heavy atom. The normalized spacial score (nSPS) is 11.3. The van der Waals surface area contributed by atoms with Crippen molar-refractivity contribution in [3.05, 3.63) is 64.4 Å². The zero-order chi connectivity index (χ0) is 18.9. The van der Waals surface area contributed by atoms with E-state index in [-0.39, 0.29) is 10.5 Å². The SMILES string of the molecule is COc1ccc2[nH]cc(C(=O)Nc3ccc(S(N)(=O)=O)cc3)c(=O)c2c1. The molecule has 9 heteroatoms. The van der Waals surface area contributed by atoms with E-state index in [0.717, 1.165) is 0 Å². The van der Waals surface area contributed by atoms with E-state index in [1.54, 1.807) is 18.2 Å². The maximum Gasteiger partial charge on any atom is 0.261 e. The number of H-pyrrole nitrogens is 1. The summed E-state index contributed by atoms with van der Waals surface area (Å²) in [6.07, 6.45) is 1.32. The summed E-state index contributed by atoms with van der Waals surface area (Å²) in [5.41, 5.74) is 0.370. The summed E-state index contributed by atoms with van der Waals surface area (Å²) in [7, 11) is -2.33. The Balaban J connectivity index is 1.92. The minimum Gasteiger partial charge on any atom is -0.497 e. The molecular weight excluding hydrogens is 358 g/mol. The molecule has 0 spiro atoms. The Hall–Kier alpha value is -3.17. The molecule has 26 heavy (non-hydrogen) atoms. The fraction of sp³-hybridized carbons (Fsp3) is 0.0588. The number of benzene rings is 2. The van der Waals surface area contributed by atoms with Crippen LogP contribution in [0.4, 0.5) is 5.69 Å². The van der Waals surface area contributed by atoms with Gasteiger partial charge in [-0.2, -0.15) is 0 Å². The van der Waals surface area contributed by atoms with Gasteiger partial charge in [-0.15, -0.1) is 0 Å². The predicted octanol–water partition coefficient (Wildman–Crippen LogP) is 1.44. The molecule has 1 amide bonds. The van der Waals surface area contributed by atoms with Crippen molar-refractivity contribution in [2.24, 2.45) is 5.14 Å². The third kappa shape index (κ3) is 3.44. The number of rotatable bonds is 4. The number of carbonyl (C=O) groups is 1. The lowest BCUT2D eigenvalue weighted by molar-refractivity contribution is 0.102. The summed E-state index contributed by atoms with van der Waals surface area (Å²) < 4.78 is 27.6. The Kier molecular flexibility index (Phi) is 4.49. The monoisotopic (exact) mass is 373 g/mol. The van der Waals surface area contributed by atoms with Crippen molar-refractivity contribution in [2.45, 2.75) is 4.90 Å². The van der Waals surface area contributed by atoms with E-state index in [0.29, 0.717) is 22.3 Å². The van der Waals surface area contributed by atoms with E-state index in [2.05, 4.69) is 10.3 Å². The number of nitrogens with two attached hydrogens (primary N) is 1. The number of aromatic amines is 1. The molecular formula is C17H15N3O5S. The highest BCUT2D eigenvalue weighted by Gasteiger charge is 2.14. The summed E-state index contributed by atoms with van der Waals surface area (Å²) in [4.78, 5) is 27.8. The number of ether oxygens (including phenoxy) is 1. The molecule has 0 radical (unpaired) electrons. The number of hydrogen-bond donors (Lipinski definition) is 3. The Morgan fingerprint density at radius 2 is 1.85 bits per heavy atom. The third-order valence-electron chi connectivity index (χ3n) is 3.77. The molecule has 0 aliphatic carbocycles.